The van der Waals surface area contributed by atoms with E-state index in [1.54, 1.807) is 0 Å². The molecule has 0 spiro atoms. The quantitative estimate of drug-likeness (QED) is 0.430. The van der Waals surface area contributed by atoms with E-state index < -0.39 is 0 Å². The summed E-state index contributed by atoms with van der Waals surface area (Å²) in [5.41, 5.74) is 2.25. The Bertz CT molecular complexity index is 743. The Balaban J connectivity index is 2.54. The molecule has 0 aliphatic heterocycles. The Labute approximate surface area is 198 Å². The molecule has 2 heteroatoms. The maximum absolute atomic E-state index is 11.0. The monoisotopic (exact) mass is 442 g/mol. The predicted molar refractivity (Wildman–Crippen MR) is 139 cm³/mol. The number of allylic oxidation sites excluding steroid dienone is 6. The second-order valence-corrected chi connectivity index (χ2v) is 12.8. The molecule has 4 unspecified atom stereocenters. The lowest BCUT2D eigenvalue weighted by molar-refractivity contribution is 0.0615. The van der Waals surface area contributed by atoms with Crippen molar-refractivity contribution in [2.24, 2.45) is 39.4 Å². The molecule has 2 rings (SSSR count). The standard InChI is InChI=1S/C30H50O2/c1-12-20(3)29(27(6,7)8)16-14-25(31)23(18-29)22(5)24-19-30(21(4)13-2,28(9,10)11)17-15-26(24)32/h14-17,20-22,31-32H,12-13,18-19H2,1-11H3. The van der Waals surface area contributed by atoms with Crippen LogP contribution in [0, 0.1) is 39.4 Å². The fraction of sp³-hybridized carbons (Fsp3) is 0.733. The van der Waals surface area contributed by atoms with Gasteiger partial charge in [0.05, 0.1) is 0 Å². The van der Waals surface area contributed by atoms with Gasteiger partial charge in [-0.15, -0.1) is 0 Å². The number of aliphatic hydroxyl groups excluding tert-OH is 2. The molecular formula is C30H50O2. The van der Waals surface area contributed by atoms with Crippen molar-refractivity contribution in [3.05, 3.63) is 47.0 Å². The second kappa shape index (κ2) is 9.07. The van der Waals surface area contributed by atoms with Crippen molar-refractivity contribution in [3.63, 3.8) is 0 Å². The summed E-state index contributed by atoms with van der Waals surface area (Å²) in [6, 6.07) is 0. The summed E-state index contributed by atoms with van der Waals surface area (Å²) in [4.78, 5) is 0. The zero-order valence-electron chi connectivity index (χ0n) is 22.8. The van der Waals surface area contributed by atoms with Gasteiger partial charge in [0.1, 0.15) is 11.5 Å². The van der Waals surface area contributed by atoms with Crippen LogP contribution in [0.3, 0.4) is 0 Å². The van der Waals surface area contributed by atoms with Gasteiger partial charge in [0, 0.05) is 5.92 Å². The van der Waals surface area contributed by atoms with Crippen molar-refractivity contribution in [2.75, 3.05) is 0 Å². The molecule has 182 valence electrons. The number of aliphatic hydroxyl groups is 2. The van der Waals surface area contributed by atoms with Crippen molar-refractivity contribution < 1.29 is 10.2 Å². The van der Waals surface area contributed by atoms with Crippen molar-refractivity contribution in [1.29, 1.82) is 0 Å². The van der Waals surface area contributed by atoms with Gasteiger partial charge in [-0.2, -0.15) is 0 Å². The van der Waals surface area contributed by atoms with Crippen LogP contribution in [0.15, 0.2) is 47.0 Å². The Morgan fingerprint density at radius 2 is 1.03 bits per heavy atom. The van der Waals surface area contributed by atoms with Crippen molar-refractivity contribution in [2.45, 2.75) is 102 Å². The molecule has 0 aromatic rings. The summed E-state index contributed by atoms with van der Waals surface area (Å²) in [5.74, 6) is 1.77. The molecule has 0 fully saturated rings. The zero-order chi connectivity index (χ0) is 24.7. The molecule has 32 heavy (non-hydrogen) atoms. The molecule has 2 nitrogen and oxygen atoms in total. The Kier molecular flexibility index (Phi) is 7.60. The molecule has 0 amide bonds. The first-order valence-electron chi connectivity index (χ1n) is 12.8. The van der Waals surface area contributed by atoms with E-state index in [-0.39, 0.29) is 27.6 Å². The van der Waals surface area contributed by atoms with Crippen molar-refractivity contribution >= 4 is 0 Å². The summed E-state index contributed by atoms with van der Waals surface area (Å²) in [5, 5.41) is 22.0. The topological polar surface area (TPSA) is 40.5 Å². The highest BCUT2D eigenvalue weighted by Crippen LogP contribution is 2.58. The summed E-state index contributed by atoms with van der Waals surface area (Å²) in [7, 11) is 0. The van der Waals surface area contributed by atoms with Crippen LogP contribution in [-0.2, 0) is 0 Å². The molecule has 2 aliphatic rings. The van der Waals surface area contributed by atoms with E-state index in [0.29, 0.717) is 23.4 Å². The molecule has 0 aromatic carbocycles. The van der Waals surface area contributed by atoms with Crippen LogP contribution in [0.1, 0.15) is 102 Å². The molecule has 0 radical (unpaired) electrons. The van der Waals surface area contributed by atoms with E-state index in [1.165, 1.54) is 0 Å². The second-order valence-electron chi connectivity index (χ2n) is 12.8. The highest BCUT2D eigenvalue weighted by Gasteiger charge is 2.49. The van der Waals surface area contributed by atoms with Crippen molar-refractivity contribution in [3.8, 4) is 0 Å². The third kappa shape index (κ3) is 4.36. The van der Waals surface area contributed by atoms with Gasteiger partial charge in [0.2, 0.25) is 0 Å². The third-order valence-corrected chi connectivity index (χ3v) is 9.52. The normalized spacial score (nSPS) is 30.0. The third-order valence-electron chi connectivity index (χ3n) is 9.52. The highest BCUT2D eigenvalue weighted by molar-refractivity contribution is 5.40. The van der Waals surface area contributed by atoms with E-state index in [0.717, 1.165) is 36.8 Å². The van der Waals surface area contributed by atoms with Gasteiger partial charge in [0.15, 0.2) is 0 Å². The first kappa shape index (κ1) is 26.8. The fourth-order valence-electron chi connectivity index (χ4n) is 6.47. The van der Waals surface area contributed by atoms with Gasteiger partial charge in [-0.1, -0.05) is 101 Å². The average molecular weight is 443 g/mol. The van der Waals surface area contributed by atoms with Crippen molar-refractivity contribution in [1.82, 2.24) is 0 Å². The van der Waals surface area contributed by atoms with Crippen LogP contribution in [0.5, 0.6) is 0 Å². The summed E-state index contributed by atoms with van der Waals surface area (Å²) in [6.07, 6.45) is 12.3. The van der Waals surface area contributed by atoms with E-state index in [4.69, 9.17) is 0 Å². The Hall–Kier alpha value is -1.44. The minimum Gasteiger partial charge on any atom is -0.508 e. The fourth-order valence-corrected chi connectivity index (χ4v) is 6.47. The molecular weight excluding hydrogens is 392 g/mol. The molecule has 0 heterocycles. The van der Waals surface area contributed by atoms with Gasteiger partial charge >= 0.3 is 0 Å². The van der Waals surface area contributed by atoms with E-state index >= 15 is 0 Å². The number of hydrogen-bond donors (Lipinski definition) is 2. The van der Waals surface area contributed by atoms with Gasteiger partial charge in [-0.05, 0) is 69.6 Å². The summed E-state index contributed by atoms with van der Waals surface area (Å²) < 4.78 is 0. The molecule has 2 N–H and O–H groups in total. The van der Waals surface area contributed by atoms with Crippen LogP contribution in [0.2, 0.25) is 0 Å². The van der Waals surface area contributed by atoms with Gasteiger partial charge in [-0.3, -0.25) is 0 Å². The van der Waals surface area contributed by atoms with Gasteiger partial charge < -0.3 is 10.2 Å². The summed E-state index contributed by atoms with van der Waals surface area (Å²) in [6.45, 7) is 25.3. The largest absolute Gasteiger partial charge is 0.508 e. The lowest BCUT2D eigenvalue weighted by Gasteiger charge is -2.51. The van der Waals surface area contributed by atoms with Crippen LogP contribution in [0.4, 0.5) is 0 Å². The molecule has 0 saturated heterocycles. The lowest BCUT2D eigenvalue weighted by Crippen LogP contribution is -2.43. The van der Waals surface area contributed by atoms with E-state index in [9.17, 15) is 10.2 Å². The minimum atomic E-state index is -0.0178. The maximum Gasteiger partial charge on any atom is 0.115 e. The molecule has 4 atom stereocenters. The summed E-state index contributed by atoms with van der Waals surface area (Å²) >= 11 is 0. The van der Waals surface area contributed by atoms with Crippen LogP contribution in [-0.4, -0.2) is 10.2 Å². The number of rotatable bonds is 6. The SMILES string of the molecule is CCC(C)C1(C(C)(C)C)C=CC(O)=C(C(C)C2=C(O)C=CC(C(C)CC)(C(C)(C)C)C2)C1. The molecule has 2 aliphatic carbocycles. The first-order valence-corrected chi connectivity index (χ1v) is 12.8. The van der Waals surface area contributed by atoms with Gasteiger partial charge in [0.25, 0.3) is 0 Å². The predicted octanol–water partition coefficient (Wildman–Crippen LogP) is 9.32. The smallest absolute Gasteiger partial charge is 0.115 e. The minimum absolute atomic E-state index is 0.00135. The first-order chi connectivity index (χ1) is 14.6. The molecule has 0 saturated carbocycles. The number of hydrogen-bond acceptors (Lipinski definition) is 2. The van der Waals surface area contributed by atoms with E-state index in [1.807, 2.05) is 12.2 Å². The van der Waals surface area contributed by atoms with E-state index in [2.05, 4.69) is 88.3 Å². The molecule has 0 bridgehead atoms. The van der Waals surface area contributed by atoms with Gasteiger partial charge in [-0.25, -0.2) is 0 Å². The highest BCUT2D eigenvalue weighted by atomic mass is 16.3. The average Bonchev–Trinajstić information content (AvgIpc) is 2.71. The lowest BCUT2D eigenvalue weighted by atomic mass is 9.53. The Morgan fingerprint density at radius 1 is 0.719 bits per heavy atom. The van der Waals surface area contributed by atoms with Crippen LogP contribution in [0.25, 0.3) is 0 Å². The zero-order valence-corrected chi connectivity index (χ0v) is 22.8. The Morgan fingerprint density at radius 3 is 1.28 bits per heavy atom. The van der Waals surface area contributed by atoms with Crippen LogP contribution < -0.4 is 0 Å². The molecule has 0 aromatic heterocycles. The maximum atomic E-state index is 11.0. The van der Waals surface area contributed by atoms with Crippen LogP contribution >= 0.6 is 0 Å².